The van der Waals surface area contributed by atoms with E-state index in [9.17, 15) is 13.2 Å². The lowest BCUT2D eigenvalue weighted by Gasteiger charge is -2.08. The van der Waals surface area contributed by atoms with Gasteiger partial charge in [0.2, 0.25) is 0 Å². The van der Waals surface area contributed by atoms with Crippen LogP contribution in [0.5, 0.6) is 0 Å². The Kier molecular flexibility index (Phi) is 2.91. The summed E-state index contributed by atoms with van der Waals surface area (Å²) in [7, 11) is 1.54. The zero-order valence-electron chi connectivity index (χ0n) is 10.0. The Hall–Kier alpha value is -1.33. The van der Waals surface area contributed by atoms with Crippen molar-refractivity contribution < 1.29 is 8.42 Å². The van der Waals surface area contributed by atoms with E-state index in [0.29, 0.717) is 23.2 Å². The standard InChI is InChI=1S/C13H12ClNO3S/c14-19(17,18)12-3-1-2-11-10(12)6-7-15(13(11)16)8-9-4-5-9/h1-3,6-7,9H,4-5,8H2. The average molecular weight is 298 g/mol. The molecule has 1 aromatic heterocycles. The van der Waals surface area contributed by atoms with E-state index in [2.05, 4.69) is 0 Å². The maximum Gasteiger partial charge on any atom is 0.261 e. The molecule has 0 spiro atoms. The van der Waals surface area contributed by atoms with Gasteiger partial charge in [0.25, 0.3) is 14.6 Å². The Morgan fingerprint density at radius 2 is 1.95 bits per heavy atom. The quantitative estimate of drug-likeness (QED) is 0.817. The maximum atomic E-state index is 12.3. The minimum absolute atomic E-state index is 0.0117. The Balaban J connectivity index is 2.24. The van der Waals surface area contributed by atoms with Crippen LogP contribution in [0.2, 0.25) is 0 Å². The molecule has 0 amide bonds. The van der Waals surface area contributed by atoms with Gasteiger partial charge in [-0.2, -0.15) is 0 Å². The lowest BCUT2D eigenvalue weighted by Crippen LogP contribution is -2.20. The third kappa shape index (κ3) is 2.40. The van der Waals surface area contributed by atoms with Crippen molar-refractivity contribution in [1.29, 1.82) is 0 Å². The Labute approximate surface area is 115 Å². The van der Waals surface area contributed by atoms with Gasteiger partial charge in [0.05, 0.1) is 4.90 Å². The molecule has 0 saturated heterocycles. The highest BCUT2D eigenvalue weighted by molar-refractivity contribution is 8.14. The monoisotopic (exact) mass is 297 g/mol. The van der Waals surface area contributed by atoms with E-state index in [4.69, 9.17) is 10.7 Å². The summed E-state index contributed by atoms with van der Waals surface area (Å²) in [5, 5.41) is 0.777. The van der Waals surface area contributed by atoms with E-state index < -0.39 is 9.05 Å². The largest absolute Gasteiger partial charge is 0.315 e. The number of benzene rings is 1. The first-order chi connectivity index (χ1) is 8.97. The van der Waals surface area contributed by atoms with Gasteiger partial charge in [0.1, 0.15) is 0 Å². The zero-order valence-corrected chi connectivity index (χ0v) is 11.6. The molecular formula is C13H12ClNO3S. The lowest BCUT2D eigenvalue weighted by molar-refractivity contribution is 0.608. The minimum Gasteiger partial charge on any atom is -0.315 e. The molecule has 1 aliphatic rings. The zero-order chi connectivity index (χ0) is 13.6. The number of hydrogen-bond acceptors (Lipinski definition) is 3. The first-order valence-electron chi connectivity index (χ1n) is 6.03. The number of halogens is 1. The maximum absolute atomic E-state index is 12.3. The molecule has 1 fully saturated rings. The number of pyridine rings is 1. The van der Waals surface area contributed by atoms with Crippen LogP contribution >= 0.6 is 10.7 Å². The van der Waals surface area contributed by atoms with Gasteiger partial charge in [-0.1, -0.05) is 6.07 Å². The second-order valence-corrected chi connectivity index (χ2v) is 7.41. The van der Waals surface area contributed by atoms with Crippen molar-refractivity contribution in [3.8, 4) is 0 Å². The molecule has 0 aliphatic heterocycles. The van der Waals surface area contributed by atoms with Crippen LogP contribution in [0.25, 0.3) is 10.8 Å². The fraction of sp³-hybridized carbons (Fsp3) is 0.308. The molecule has 6 heteroatoms. The smallest absolute Gasteiger partial charge is 0.261 e. The molecule has 0 unspecified atom stereocenters. The van der Waals surface area contributed by atoms with Gasteiger partial charge in [-0.25, -0.2) is 8.42 Å². The van der Waals surface area contributed by atoms with Crippen LogP contribution in [0.1, 0.15) is 12.8 Å². The van der Waals surface area contributed by atoms with Gasteiger partial charge in [-0.3, -0.25) is 4.79 Å². The van der Waals surface area contributed by atoms with Gasteiger partial charge < -0.3 is 4.57 Å². The molecule has 1 aliphatic carbocycles. The Morgan fingerprint density at radius 3 is 2.58 bits per heavy atom. The summed E-state index contributed by atoms with van der Waals surface area (Å²) in [5.41, 5.74) is -0.161. The van der Waals surface area contributed by atoms with Crippen LogP contribution in [-0.2, 0) is 15.6 Å². The van der Waals surface area contributed by atoms with E-state index in [1.807, 2.05) is 0 Å². The van der Waals surface area contributed by atoms with E-state index in [1.54, 1.807) is 29.0 Å². The third-order valence-electron chi connectivity index (χ3n) is 3.39. The van der Waals surface area contributed by atoms with Crippen molar-refractivity contribution in [2.24, 2.45) is 5.92 Å². The van der Waals surface area contributed by atoms with Crippen molar-refractivity contribution in [2.75, 3.05) is 0 Å². The predicted octanol–water partition coefficient (Wildman–Crippen LogP) is 2.34. The van der Waals surface area contributed by atoms with Crippen LogP contribution in [-0.4, -0.2) is 13.0 Å². The summed E-state index contributed by atoms with van der Waals surface area (Å²) < 4.78 is 24.6. The van der Waals surface area contributed by atoms with Crippen LogP contribution in [0, 0.1) is 5.92 Å². The highest BCUT2D eigenvalue weighted by atomic mass is 35.7. The topological polar surface area (TPSA) is 56.1 Å². The lowest BCUT2D eigenvalue weighted by atomic mass is 10.2. The van der Waals surface area contributed by atoms with E-state index >= 15 is 0 Å². The van der Waals surface area contributed by atoms with Crippen LogP contribution < -0.4 is 5.56 Å². The SMILES string of the molecule is O=c1c2cccc(S(=O)(=O)Cl)c2ccn1CC1CC1. The molecule has 2 aromatic rings. The molecular weight excluding hydrogens is 286 g/mol. The molecule has 0 atom stereocenters. The summed E-state index contributed by atoms with van der Waals surface area (Å²) >= 11 is 0. The Bertz CT molecular complexity index is 806. The fourth-order valence-corrected chi connectivity index (χ4v) is 3.31. The third-order valence-corrected chi connectivity index (χ3v) is 4.77. The fourth-order valence-electron chi connectivity index (χ4n) is 2.22. The molecule has 3 rings (SSSR count). The minimum atomic E-state index is -3.85. The molecule has 100 valence electrons. The van der Waals surface area contributed by atoms with Crippen molar-refractivity contribution in [3.63, 3.8) is 0 Å². The second kappa shape index (κ2) is 4.35. The van der Waals surface area contributed by atoms with Crippen molar-refractivity contribution >= 4 is 30.5 Å². The number of hydrogen-bond donors (Lipinski definition) is 0. The van der Waals surface area contributed by atoms with Crippen molar-refractivity contribution in [2.45, 2.75) is 24.3 Å². The van der Waals surface area contributed by atoms with E-state index in [-0.39, 0.29) is 10.5 Å². The molecule has 19 heavy (non-hydrogen) atoms. The second-order valence-electron chi connectivity index (χ2n) is 4.87. The van der Waals surface area contributed by atoms with E-state index in [0.717, 1.165) is 12.8 Å². The molecule has 0 bridgehead atoms. The highest BCUT2D eigenvalue weighted by Gasteiger charge is 2.23. The van der Waals surface area contributed by atoms with Gasteiger partial charge in [-0.05, 0) is 37.0 Å². The summed E-state index contributed by atoms with van der Waals surface area (Å²) in [6, 6.07) is 6.23. The predicted molar refractivity (Wildman–Crippen MR) is 74.0 cm³/mol. The first-order valence-corrected chi connectivity index (χ1v) is 8.34. The average Bonchev–Trinajstić information content (AvgIpc) is 3.15. The number of fused-ring (bicyclic) bond motifs is 1. The Morgan fingerprint density at radius 1 is 1.21 bits per heavy atom. The molecule has 0 N–H and O–H groups in total. The molecule has 0 radical (unpaired) electrons. The number of rotatable bonds is 3. The highest BCUT2D eigenvalue weighted by Crippen LogP contribution is 2.30. The summed E-state index contributed by atoms with van der Waals surface area (Å²) in [4.78, 5) is 12.3. The summed E-state index contributed by atoms with van der Waals surface area (Å²) in [5.74, 6) is 0.579. The van der Waals surface area contributed by atoms with Crippen LogP contribution in [0.15, 0.2) is 40.2 Å². The molecule has 1 aromatic carbocycles. The summed E-state index contributed by atoms with van der Waals surface area (Å²) in [6.07, 6.45) is 3.95. The number of nitrogens with zero attached hydrogens (tertiary/aromatic N) is 1. The van der Waals surface area contributed by atoms with Crippen molar-refractivity contribution in [3.05, 3.63) is 40.8 Å². The number of aromatic nitrogens is 1. The summed E-state index contributed by atoms with van der Waals surface area (Å²) in [6.45, 7) is 0.701. The molecule has 4 nitrogen and oxygen atoms in total. The van der Waals surface area contributed by atoms with E-state index in [1.165, 1.54) is 6.07 Å². The van der Waals surface area contributed by atoms with Gasteiger partial charge >= 0.3 is 0 Å². The van der Waals surface area contributed by atoms with Gasteiger partial charge in [0.15, 0.2) is 0 Å². The first kappa shape index (κ1) is 12.7. The van der Waals surface area contributed by atoms with Gasteiger partial charge in [-0.15, -0.1) is 0 Å². The van der Waals surface area contributed by atoms with Crippen molar-refractivity contribution in [1.82, 2.24) is 4.57 Å². The van der Waals surface area contributed by atoms with Crippen LogP contribution in [0.4, 0.5) is 0 Å². The molecule has 1 saturated carbocycles. The van der Waals surface area contributed by atoms with Gasteiger partial charge in [0, 0.05) is 34.2 Å². The van der Waals surface area contributed by atoms with Crippen LogP contribution in [0.3, 0.4) is 0 Å². The normalized spacial score (nSPS) is 15.8. The molecule has 1 heterocycles.